The van der Waals surface area contributed by atoms with E-state index in [0.29, 0.717) is 16.7 Å². The van der Waals surface area contributed by atoms with Crippen LogP contribution in [0.5, 0.6) is 0 Å². The van der Waals surface area contributed by atoms with Crippen LogP contribution >= 0.6 is 15.9 Å². The van der Waals surface area contributed by atoms with E-state index in [1.165, 1.54) is 6.07 Å². The zero-order chi connectivity index (χ0) is 14.7. The molecular weight excluding hydrogens is 330 g/mol. The molecule has 1 aromatic carbocycles. The summed E-state index contributed by atoms with van der Waals surface area (Å²) in [5.41, 5.74) is 0.417. The zero-order valence-corrected chi connectivity index (χ0v) is 11.9. The number of carboxylic acid groups (broad SMARTS) is 1. The number of halogens is 1. The lowest BCUT2D eigenvalue weighted by atomic mass is 10.2. The van der Waals surface area contributed by atoms with Gasteiger partial charge in [0.05, 0.1) is 11.6 Å². The van der Waals surface area contributed by atoms with Crippen LogP contribution in [0.1, 0.15) is 16.8 Å². The lowest BCUT2D eigenvalue weighted by Crippen LogP contribution is -2.39. The maximum atomic E-state index is 11.7. The maximum Gasteiger partial charge on any atom is 0.336 e. The van der Waals surface area contributed by atoms with Gasteiger partial charge in [0.15, 0.2) is 0 Å². The predicted molar refractivity (Wildman–Crippen MR) is 74.7 cm³/mol. The van der Waals surface area contributed by atoms with Crippen molar-refractivity contribution in [2.24, 2.45) is 0 Å². The summed E-state index contributed by atoms with van der Waals surface area (Å²) in [7, 11) is 0. The quantitative estimate of drug-likeness (QED) is 0.661. The second-order valence-electron chi connectivity index (χ2n) is 4.30. The Morgan fingerprint density at radius 1 is 1.40 bits per heavy atom. The van der Waals surface area contributed by atoms with E-state index in [9.17, 15) is 14.4 Å². The largest absolute Gasteiger partial charge is 0.478 e. The van der Waals surface area contributed by atoms with Gasteiger partial charge >= 0.3 is 12.0 Å². The van der Waals surface area contributed by atoms with E-state index >= 15 is 0 Å². The molecule has 1 atom stereocenters. The third-order valence-electron chi connectivity index (χ3n) is 2.77. The Hall–Kier alpha value is -2.09. The van der Waals surface area contributed by atoms with Gasteiger partial charge < -0.3 is 21.1 Å². The summed E-state index contributed by atoms with van der Waals surface area (Å²) in [6.07, 6.45) is 0.244. The molecule has 0 aliphatic carbocycles. The SMILES string of the molecule is O=C1CC(NC(=O)Nc2ccc(Br)c(C(=O)O)c2)CN1. The number of rotatable bonds is 3. The van der Waals surface area contributed by atoms with E-state index < -0.39 is 12.0 Å². The normalized spacial score (nSPS) is 17.4. The van der Waals surface area contributed by atoms with Crippen molar-refractivity contribution in [1.29, 1.82) is 0 Å². The average Bonchev–Trinajstić information content (AvgIpc) is 2.76. The molecular formula is C12H12BrN3O4. The molecule has 4 N–H and O–H groups in total. The Balaban J connectivity index is 1.99. The summed E-state index contributed by atoms with van der Waals surface area (Å²) in [5, 5.41) is 16.7. The highest BCUT2D eigenvalue weighted by molar-refractivity contribution is 9.10. The van der Waals surface area contributed by atoms with Crippen molar-refractivity contribution in [2.75, 3.05) is 11.9 Å². The van der Waals surface area contributed by atoms with E-state index in [4.69, 9.17) is 5.11 Å². The number of hydrogen-bond acceptors (Lipinski definition) is 3. The summed E-state index contributed by atoms with van der Waals surface area (Å²) in [4.78, 5) is 33.7. The van der Waals surface area contributed by atoms with E-state index in [1.807, 2.05) is 0 Å². The van der Waals surface area contributed by atoms with Gasteiger partial charge in [0.1, 0.15) is 0 Å². The number of carbonyl (C=O) groups excluding carboxylic acids is 2. The minimum atomic E-state index is -1.09. The minimum absolute atomic E-state index is 0.0560. The number of anilines is 1. The third kappa shape index (κ3) is 3.47. The molecule has 7 nitrogen and oxygen atoms in total. The highest BCUT2D eigenvalue weighted by atomic mass is 79.9. The number of aromatic carboxylic acids is 1. The summed E-state index contributed by atoms with van der Waals surface area (Å²) in [6.45, 7) is 0.396. The fourth-order valence-electron chi connectivity index (χ4n) is 1.83. The summed E-state index contributed by atoms with van der Waals surface area (Å²) in [6, 6.07) is 3.74. The molecule has 20 heavy (non-hydrogen) atoms. The monoisotopic (exact) mass is 341 g/mol. The van der Waals surface area contributed by atoms with Crippen molar-refractivity contribution in [3.8, 4) is 0 Å². The number of amides is 3. The second kappa shape index (κ2) is 5.91. The fraction of sp³-hybridized carbons (Fsp3) is 0.250. The van der Waals surface area contributed by atoms with Gasteiger partial charge in [0.25, 0.3) is 0 Å². The van der Waals surface area contributed by atoms with Crippen LogP contribution in [0.15, 0.2) is 22.7 Å². The molecule has 8 heteroatoms. The van der Waals surface area contributed by atoms with Crippen LogP contribution in [0, 0.1) is 0 Å². The first kappa shape index (κ1) is 14.3. The number of urea groups is 1. The van der Waals surface area contributed by atoms with Crippen LogP contribution in [0.4, 0.5) is 10.5 Å². The molecule has 1 aromatic rings. The predicted octanol–water partition coefficient (Wildman–Crippen LogP) is 1.16. The first-order valence-electron chi connectivity index (χ1n) is 5.83. The Morgan fingerprint density at radius 2 is 2.15 bits per heavy atom. The van der Waals surface area contributed by atoms with Crippen molar-refractivity contribution < 1.29 is 19.5 Å². The van der Waals surface area contributed by atoms with E-state index in [-0.39, 0.29) is 23.9 Å². The summed E-state index contributed by atoms with van der Waals surface area (Å²) < 4.78 is 0.432. The van der Waals surface area contributed by atoms with Gasteiger partial charge in [-0.05, 0) is 34.1 Å². The molecule has 1 unspecified atom stereocenters. The van der Waals surface area contributed by atoms with Crippen LogP contribution in [-0.4, -0.2) is 35.6 Å². The van der Waals surface area contributed by atoms with Crippen molar-refractivity contribution in [3.05, 3.63) is 28.2 Å². The number of hydrogen-bond donors (Lipinski definition) is 4. The smallest absolute Gasteiger partial charge is 0.336 e. The molecule has 0 radical (unpaired) electrons. The molecule has 3 amide bonds. The zero-order valence-electron chi connectivity index (χ0n) is 10.3. The Kier molecular flexibility index (Phi) is 4.23. The van der Waals surface area contributed by atoms with Crippen LogP contribution < -0.4 is 16.0 Å². The van der Waals surface area contributed by atoms with Crippen LogP contribution in [0.25, 0.3) is 0 Å². The first-order chi connectivity index (χ1) is 9.45. The minimum Gasteiger partial charge on any atom is -0.478 e. The van der Waals surface area contributed by atoms with Crippen molar-refractivity contribution in [1.82, 2.24) is 10.6 Å². The number of benzene rings is 1. The molecule has 1 aliphatic heterocycles. The van der Waals surface area contributed by atoms with Crippen LogP contribution in [0.3, 0.4) is 0 Å². The molecule has 1 saturated heterocycles. The highest BCUT2D eigenvalue weighted by Gasteiger charge is 2.22. The Labute approximate surface area is 122 Å². The van der Waals surface area contributed by atoms with Gasteiger partial charge in [0, 0.05) is 23.1 Å². The molecule has 1 heterocycles. The lowest BCUT2D eigenvalue weighted by molar-refractivity contribution is -0.119. The van der Waals surface area contributed by atoms with Gasteiger partial charge in [-0.2, -0.15) is 0 Å². The summed E-state index contributed by atoms with van der Waals surface area (Å²) in [5.74, 6) is -1.20. The molecule has 0 saturated carbocycles. The second-order valence-corrected chi connectivity index (χ2v) is 5.16. The number of nitrogens with one attached hydrogen (secondary N) is 3. The number of carboxylic acids is 1. The van der Waals surface area contributed by atoms with Gasteiger partial charge in [0.2, 0.25) is 5.91 Å². The molecule has 0 bridgehead atoms. The molecule has 0 aromatic heterocycles. The summed E-state index contributed by atoms with van der Waals surface area (Å²) >= 11 is 3.12. The van der Waals surface area contributed by atoms with E-state index in [1.54, 1.807) is 12.1 Å². The lowest BCUT2D eigenvalue weighted by Gasteiger charge is -2.12. The number of carbonyl (C=O) groups is 3. The topological polar surface area (TPSA) is 108 Å². The third-order valence-corrected chi connectivity index (χ3v) is 3.46. The molecule has 106 valence electrons. The van der Waals surface area contributed by atoms with Crippen LogP contribution in [-0.2, 0) is 4.79 Å². The van der Waals surface area contributed by atoms with Gasteiger partial charge in [-0.15, -0.1) is 0 Å². The maximum absolute atomic E-state index is 11.7. The Morgan fingerprint density at radius 3 is 2.75 bits per heavy atom. The molecule has 0 spiro atoms. The Bertz CT molecular complexity index is 576. The van der Waals surface area contributed by atoms with Gasteiger partial charge in [-0.25, -0.2) is 9.59 Å². The first-order valence-corrected chi connectivity index (χ1v) is 6.62. The average molecular weight is 342 g/mol. The molecule has 1 fully saturated rings. The molecule has 1 aliphatic rings. The van der Waals surface area contributed by atoms with Gasteiger partial charge in [-0.3, -0.25) is 4.79 Å². The van der Waals surface area contributed by atoms with Crippen molar-refractivity contribution >= 4 is 39.5 Å². The fourth-order valence-corrected chi connectivity index (χ4v) is 2.24. The van der Waals surface area contributed by atoms with Crippen molar-refractivity contribution in [3.63, 3.8) is 0 Å². The molecule has 2 rings (SSSR count). The standard InChI is InChI=1S/C12H12BrN3O4/c13-9-2-1-6(3-8(9)11(18)19)15-12(20)16-7-4-10(17)14-5-7/h1-3,7H,4-5H2,(H,14,17)(H,18,19)(H2,15,16,20). The van der Waals surface area contributed by atoms with Crippen LogP contribution in [0.2, 0.25) is 0 Å². The van der Waals surface area contributed by atoms with Crippen molar-refractivity contribution in [2.45, 2.75) is 12.5 Å². The van der Waals surface area contributed by atoms with E-state index in [0.717, 1.165) is 0 Å². The van der Waals surface area contributed by atoms with E-state index in [2.05, 4.69) is 31.9 Å². The van der Waals surface area contributed by atoms with Gasteiger partial charge in [-0.1, -0.05) is 0 Å². The highest BCUT2D eigenvalue weighted by Crippen LogP contribution is 2.21.